The number of rotatable bonds is 5. The van der Waals surface area contributed by atoms with E-state index in [-0.39, 0.29) is 29.2 Å². The average Bonchev–Trinajstić information content (AvgIpc) is 2.54. The van der Waals surface area contributed by atoms with Crippen molar-refractivity contribution >= 4 is 17.3 Å². The molecule has 0 spiro atoms. The summed E-state index contributed by atoms with van der Waals surface area (Å²) in [6, 6.07) is 8.23. The van der Waals surface area contributed by atoms with Crippen molar-refractivity contribution in [3.63, 3.8) is 0 Å². The number of nitrogen functional groups attached to an aromatic ring is 1. The number of nitrogens with zero attached hydrogens (tertiary/aromatic N) is 2. The second-order valence-corrected chi connectivity index (χ2v) is 5.16. The lowest BCUT2D eigenvalue weighted by Gasteiger charge is -2.18. The van der Waals surface area contributed by atoms with Gasteiger partial charge in [-0.25, -0.2) is 4.39 Å². The number of carbonyl (C=O) groups is 1. The summed E-state index contributed by atoms with van der Waals surface area (Å²) in [5.41, 5.74) is 5.86. The van der Waals surface area contributed by atoms with Crippen LogP contribution in [-0.2, 0) is 6.54 Å². The molecular formula is C16H16FN3O4. The van der Waals surface area contributed by atoms with Gasteiger partial charge in [0, 0.05) is 25.2 Å². The van der Waals surface area contributed by atoms with Crippen molar-refractivity contribution in [3.8, 4) is 5.75 Å². The predicted octanol–water partition coefficient (Wildman–Crippen LogP) is 2.60. The van der Waals surface area contributed by atoms with Crippen molar-refractivity contribution in [1.82, 2.24) is 4.90 Å². The molecule has 0 aliphatic heterocycles. The van der Waals surface area contributed by atoms with Crippen LogP contribution in [0.3, 0.4) is 0 Å². The fraction of sp³-hybridized carbons (Fsp3) is 0.188. The van der Waals surface area contributed by atoms with Gasteiger partial charge in [-0.1, -0.05) is 6.07 Å². The number of benzene rings is 2. The average molecular weight is 333 g/mol. The Kier molecular flexibility index (Phi) is 4.98. The summed E-state index contributed by atoms with van der Waals surface area (Å²) in [5.74, 6) is -0.852. The molecule has 2 rings (SSSR count). The van der Waals surface area contributed by atoms with Crippen LogP contribution in [0.5, 0.6) is 5.75 Å². The lowest BCUT2D eigenvalue weighted by molar-refractivity contribution is -0.383. The van der Waals surface area contributed by atoms with Gasteiger partial charge >= 0.3 is 0 Å². The third kappa shape index (κ3) is 3.60. The Morgan fingerprint density at radius 1 is 1.33 bits per heavy atom. The van der Waals surface area contributed by atoms with Gasteiger partial charge in [0.15, 0.2) is 11.6 Å². The standard InChI is InChI=1S/C16H16FN3O4/c1-19(9-10-3-6-15(24-2)12(17)7-10)16(21)11-4-5-13(18)14(8-11)20(22)23/h3-8H,9,18H2,1-2H3. The molecule has 0 aliphatic carbocycles. The molecule has 24 heavy (non-hydrogen) atoms. The molecule has 2 aromatic rings. The Morgan fingerprint density at radius 3 is 2.62 bits per heavy atom. The fourth-order valence-electron chi connectivity index (χ4n) is 2.21. The summed E-state index contributed by atoms with van der Waals surface area (Å²) in [7, 11) is 2.88. The number of anilines is 1. The summed E-state index contributed by atoms with van der Waals surface area (Å²) >= 11 is 0. The van der Waals surface area contributed by atoms with Crippen LogP contribution in [0.15, 0.2) is 36.4 Å². The first kappa shape index (κ1) is 17.2. The monoisotopic (exact) mass is 333 g/mol. The molecule has 8 heteroatoms. The second-order valence-electron chi connectivity index (χ2n) is 5.16. The fourth-order valence-corrected chi connectivity index (χ4v) is 2.21. The van der Waals surface area contributed by atoms with E-state index < -0.39 is 16.6 Å². The van der Waals surface area contributed by atoms with Gasteiger partial charge in [-0.15, -0.1) is 0 Å². The molecule has 0 heterocycles. The van der Waals surface area contributed by atoms with E-state index in [2.05, 4.69) is 0 Å². The maximum absolute atomic E-state index is 13.7. The molecule has 0 radical (unpaired) electrons. The van der Waals surface area contributed by atoms with Crippen LogP contribution < -0.4 is 10.5 Å². The number of halogens is 1. The highest BCUT2D eigenvalue weighted by Gasteiger charge is 2.18. The smallest absolute Gasteiger partial charge is 0.292 e. The van der Waals surface area contributed by atoms with Gasteiger partial charge in [0.05, 0.1) is 12.0 Å². The van der Waals surface area contributed by atoms with E-state index in [1.807, 2.05) is 0 Å². The van der Waals surface area contributed by atoms with E-state index in [1.54, 1.807) is 6.07 Å². The van der Waals surface area contributed by atoms with Crippen LogP contribution in [0.25, 0.3) is 0 Å². The first-order valence-electron chi connectivity index (χ1n) is 6.95. The van der Waals surface area contributed by atoms with Gasteiger partial charge in [0.25, 0.3) is 11.6 Å². The lowest BCUT2D eigenvalue weighted by Crippen LogP contribution is -2.26. The minimum atomic E-state index is -0.648. The number of ether oxygens (including phenoxy) is 1. The summed E-state index contributed by atoms with van der Waals surface area (Å²) in [6.07, 6.45) is 0. The van der Waals surface area contributed by atoms with Crippen molar-refractivity contribution in [1.29, 1.82) is 0 Å². The third-order valence-corrected chi connectivity index (χ3v) is 3.46. The molecule has 2 N–H and O–H groups in total. The minimum absolute atomic E-state index is 0.0172. The topological polar surface area (TPSA) is 98.7 Å². The number of hydrogen-bond donors (Lipinski definition) is 1. The van der Waals surface area contributed by atoms with Crippen molar-refractivity contribution in [2.45, 2.75) is 6.54 Å². The Bertz CT molecular complexity index is 795. The number of nitrogens with two attached hydrogens (primary N) is 1. The summed E-state index contributed by atoms with van der Waals surface area (Å²) in [5, 5.41) is 10.9. The van der Waals surface area contributed by atoms with Crippen LogP contribution in [0, 0.1) is 15.9 Å². The zero-order chi connectivity index (χ0) is 17.9. The molecule has 0 saturated heterocycles. The molecule has 0 unspecified atom stereocenters. The molecule has 1 amide bonds. The highest BCUT2D eigenvalue weighted by Crippen LogP contribution is 2.24. The first-order valence-corrected chi connectivity index (χ1v) is 6.95. The van der Waals surface area contributed by atoms with Gasteiger partial charge < -0.3 is 15.4 Å². The Balaban J connectivity index is 2.19. The Hall–Kier alpha value is -3.16. The van der Waals surface area contributed by atoms with Crippen LogP contribution in [0.2, 0.25) is 0 Å². The van der Waals surface area contributed by atoms with Gasteiger partial charge in [-0.2, -0.15) is 0 Å². The molecule has 0 aromatic heterocycles. The molecule has 0 bridgehead atoms. The van der Waals surface area contributed by atoms with Crippen LogP contribution in [0.1, 0.15) is 15.9 Å². The number of carbonyl (C=O) groups excluding carboxylic acids is 1. The molecule has 7 nitrogen and oxygen atoms in total. The van der Waals surface area contributed by atoms with Crippen molar-refractivity contribution < 1.29 is 18.8 Å². The van der Waals surface area contributed by atoms with Crippen LogP contribution in [0.4, 0.5) is 15.8 Å². The Labute approximate surface area is 137 Å². The van der Waals surface area contributed by atoms with Crippen molar-refractivity contribution in [2.24, 2.45) is 0 Å². The van der Waals surface area contributed by atoms with E-state index in [1.165, 1.54) is 43.3 Å². The molecule has 0 fully saturated rings. The highest BCUT2D eigenvalue weighted by molar-refractivity contribution is 5.95. The molecule has 0 atom stereocenters. The van der Waals surface area contributed by atoms with Gasteiger partial charge in [0.1, 0.15) is 5.69 Å². The van der Waals surface area contributed by atoms with Gasteiger partial charge in [0.2, 0.25) is 0 Å². The van der Waals surface area contributed by atoms with Crippen LogP contribution in [-0.4, -0.2) is 29.9 Å². The molecule has 126 valence electrons. The SMILES string of the molecule is COc1ccc(CN(C)C(=O)c2ccc(N)c([N+](=O)[O-])c2)cc1F. The largest absolute Gasteiger partial charge is 0.494 e. The molecule has 2 aromatic carbocycles. The predicted molar refractivity (Wildman–Crippen MR) is 86.3 cm³/mol. The van der Waals surface area contributed by atoms with Gasteiger partial charge in [-0.3, -0.25) is 14.9 Å². The van der Waals surface area contributed by atoms with E-state index in [4.69, 9.17) is 10.5 Å². The summed E-state index contributed by atoms with van der Waals surface area (Å²) in [4.78, 5) is 24.0. The third-order valence-electron chi connectivity index (χ3n) is 3.46. The second kappa shape index (κ2) is 6.95. The van der Waals surface area contributed by atoms with E-state index in [0.717, 1.165) is 6.07 Å². The number of methoxy groups -OCH3 is 1. The van der Waals surface area contributed by atoms with Gasteiger partial charge in [-0.05, 0) is 29.8 Å². The quantitative estimate of drug-likeness (QED) is 0.515. The maximum Gasteiger partial charge on any atom is 0.292 e. The van der Waals surface area contributed by atoms with Crippen LogP contribution >= 0.6 is 0 Å². The maximum atomic E-state index is 13.7. The van der Waals surface area contributed by atoms with Crippen molar-refractivity contribution in [2.75, 3.05) is 19.9 Å². The zero-order valence-corrected chi connectivity index (χ0v) is 13.2. The number of hydrogen-bond acceptors (Lipinski definition) is 5. The van der Waals surface area contributed by atoms with E-state index in [0.29, 0.717) is 5.56 Å². The summed E-state index contributed by atoms with van der Waals surface area (Å²) < 4.78 is 18.5. The Morgan fingerprint density at radius 2 is 2.04 bits per heavy atom. The molecule has 0 aliphatic rings. The lowest BCUT2D eigenvalue weighted by atomic mass is 10.1. The summed E-state index contributed by atoms with van der Waals surface area (Å²) in [6.45, 7) is 0.137. The number of nitro benzene ring substituents is 1. The minimum Gasteiger partial charge on any atom is -0.494 e. The number of amides is 1. The normalized spacial score (nSPS) is 10.3. The van der Waals surface area contributed by atoms with Crippen molar-refractivity contribution in [3.05, 3.63) is 63.5 Å². The highest BCUT2D eigenvalue weighted by atomic mass is 19.1. The molecule has 0 saturated carbocycles. The molecular weight excluding hydrogens is 317 g/mol. The first-order chi connectivity index (χ1) is 11.3. The van der Waals surface area contributed by atoms with E-state index in [9.17, 15) is 19.3 Å². The van der Waals surface area contributed by atoms with E-state index >= 15 is 0 Å². The zero-order valence-electron chi connectivity index (χ0n) is 13.2. The number of nitro groups is 1.